The van der Waals surface area contributed by atoms with E-state index in [1.54, 1.807) is 36.4 Å². The molecule has 0 saturated carbocycles. The van der Waals surface area contributed by atoms with Crippen LogP contribution >= 0.6 is 0 Å². The van der Waals surface area contributed by atoms with Gasteiger partial charge in [0.15, 0.2) is 11.5 Å². The molecule has 0 spiro atoms. The molecule has 1 aromatic heterocycles. The zero-order valence-corrected chi connectivity index (χ0v) is 17.4. The van der Waals surface area contributed by atoms with E-state index in [2.05, 4.69) is 16.0 Å². The minimum absolute atomic E-state index is 0.0130. The molecule has 4 rings (SSSR count). The molecule has 0 amide bonds. The highest BCUT2D eigenvalue weighted by molar-refractivity contribution is 5.90. The molecule has 0 radical (unpaired) electrons. The van der Waals surface area contributed by atoms with Crippen molar-refractivity contribution >= 4 is 28.4 Å². The molecule has 8 nitrogen and oxygen atoms in total. The Labute approximate surface area is 187 Å². The first-order valence-electron chi connectivity index (χ1n) is 9.78. The number of imidazole rings is 1. The van der Waals surface area contributed by atoms with Crippen LogP contribution in [0.4, 0.5) is 10.1 Å². The summed E-state index contributed by atoms with van der Waals surface area (Å²) in [5.41, 5.74) is 2.60. The van der Waals surface area contributed by atoms with E-state index in [9.17, 15) is 19.8 Å². The van der Waals surface area contributed by atoms with E-state index in [4.69, 9.17) is 9.47 Å². The van der Waals surface area contributed by atoms with Crippen LogP contribution < -0.4 is 9.47 Å². The quantitative estimate of drug-likeness (QED) is 0.236. The van der Waals surface area contributed by atoms with Gasteiger partial charge in [-0.05, 0) is 47.5 Å². The lowest BCUT2D eigenvalue weighted by atomic mass is 10.1. The summed E-state index contributed by atoms with van der Waals surface area (Å²) in [5.74, 6) is 0.797. The molecule has 33 heavy (non-hydrogen) atoms. The Balaban J connectivity index is 1.57. The second kappa shape index (κ2) is 9.20. The molecule has 4 aromatic rings. The summed E-state index contributed by atoms with van der Waals surface area (Å²) in [6, 6.07) is 17.6. The third-order valence-electron chi connectivity index (χ3n) is 4.83. The Bertz CT molecular complexity index is 1420. The fourth-order valence-electron chi connectivity index (χ4n) is 3.24. The summed E-state index contributed by atoms with van der Waals surface area (Å²) in [6.45, 7) is 0.117. The number of halogens is 1. The van der Waals surface area contributed by atoms with Crippen LogP contribution in [0.3, 0.4) is 0 Å². The summed E-state index contributed by atoms with van der Waals surface area (Å²) in [7, 11) is 1.49. The fraction of sp³-hybridized carbons (Fsp3) is 0.0833. The Morgan fingerprint density at radius 2 is 2.06 bits per heavy atom. The number of benzene rings is 3. The number of nitro benzene ring substituents is 1. The Morgan fingerprint density at radius 3 is 2.82 bits per heavy atom. The van der Waals surface area contributed by atoms with Crippen LogP contribution in [-0.2, 0) is 6.61 Å². The average molecular weight is 444 g/mol. The van der Waals surface area contributed by atoms with Gasteiger partial charge in [-0.1, -0.05) is 18.2 Å². The molecular formula is C24H17FN4O4. The fourth-order valence-corrected chi connectivity index (χ4v) is 3.24. The second-order valence-electron chi connectivity index (χ2n) is 7.04. The maximum atomic E-state index is 13.4. The third-order valence-corrected chi connectivity index (χ3v) is 4.83. The molecule has 3 aromatic carbocycles. The summed E-state index contributed by atoms with van der Waals surface area (Å²) in [4.78, 5) is 17.8. The number of hydrogen-bond donors (Lipinski definition) is 1. The third kappa shape index (κ3) is 4.80. The van der Waals surface area contributed by atoms with E-state index in [1.807, 2.05) is 0 Å². The zero-order valence-electron chi connectivity index (χ0n) is 17.4. The highest BCUT2D eigenvalue weighted by Crippen LogP contribution is 2.31. The van der Waals surface area contributed by atoms with E-state index in [1.165, 1.54) is 37.4 Å². The van der Waals surface area contributed by atoms with Gasteiger partial charge in [-0.15, -0.1) is 0 Å². The smallest absolute Gasteiger partial charge is 0.269 e. The Hall–Kier alpha value is -4.71. The minimum Gasteiger partial charge on any atom is -0.493 e. The van der Waals surface area contributed by atoms with Gasteiger partial charge in [-0.25, -0.2) is 9.37 Å². The number of rotatable bonds is 7. The molecule has 0 unspecified atom stereocenters. The van der Waals surface area contributed by atoms with Crippen LogP contribution in [0.25, 0.3) is 22.7 Å². The van der Waals surface area contributed by atoms with Gasteiger partial charge in [0.1, 0.15) is 24.3 Å². The number of nitriles is 1. The summed E-state index contributed by atoms with van der Waals surface area (Å²) in [6.07, 6.45) is 1.63. The number of aromatic amines is 1. The van der Waals surface area contributed by atoms with E-state index in [0.717, 1.165) is 0 Å². The number of H-pyrrole nitrogens is 1. The predicted octanol–water partition coefficient (Wildman–Crippen LogP) is 5.26. The number of methoxy groups -OCH3 is 1. The normalized spacial score (nSPS) is 11.2. The molecule has 0 aliphatic rings. The molecule has 164 valence electrons. The van der Waals surface area contributed by atoms with Crippen molar-refractivity contribution in [2.24, 2.45) is 0 Å². The topological polar surface area (TPSA) is 114 Å². The van der Waals surface area contributed by atoms with Crippen LogP contribution in [0, 0.1) is 27.3 Å². The predicted molar refractivity (Wildman–Crippen MR) is 120 cm³/mol. The number of hydrogen-bond acceptors (Lipinski definition) is 6. The largest absolute Gasteiger partial charge is 0.493 e. The van der Waals surface area contributed by atoms with Gasteiger partial charge >= 0.3 is 0 Å². The lowest BCUT2D eigenvalue weighted by molar-refractivity contribution is -0.384. The first-order chi connectivity index (χ1) is 16.0. The number of nitro groups is 1. The molecule has 1 N–H and O–H groups in total. The van der Waals surface area contributed by atoms with Crippen molar-refractivity contribution in [1.29, 1.82) is 5.26 Å². The van der Waals surface area contributed by atoms with Crippen LogP contribution in [0.5, 0.6) is 11.5 Å². The standard InChI is InChI=1S/C24H17FN4O4/c1-32-23-11-15(5-8-22(23)33-14-16-3-2-4-19(10-16)29(30)31)9-17(13-26)24-27-20-7-6-18(25)12-21(20)28-24/h2-12H,14H2,1H3,(H,27,28)/b17-9-. The lowest BCUT2D eigenvalue weighted by Gasteiger charge is -2.11. The molecule has 0 aliphatic carbocycles. The molecule has 0 bridgehead atoms. The lowest BCUT2D eigenvalue weighted by Crippen LogP contribution is -1.99. The second-order valence-corrected chi connectivity index (χ2v) is 7.04. The number of ether oxygens (including phenoxy) is 2. The first-order valence-corrected chi connectivity index (χ1v) is 9.78. The van der Waals surface area contributed by atoms with Crippen molar-refractivity contribution < 1.29 is 18.8 Å². The van der Waals surface area contributed by atoms with Crippen LogP contribution in [-0.4, -0.2) is 22.0 Å². The van der Waals surface area contributed by atoms with Crippen molar-refractivity contribution in [2.75, 3.05) is 7.11 Å². The van der Waals surface area contributed by atoms with Crippen molar-refractivity contribution in [3.05, 3.63) is 93.5 Å². The van der Waals surface area contributed by atoms with Gasteiger partial charge in [-0.3, -0.25) is 10.1 Å². The van der Waals surface area contributed by atoms with Crippen molar-refractivity contribution in [1.82, 2.24) is 9.97 Å². The summed E-state index contributed by atoms with van der Waals surface area (Å²) < 4.78 is 24.6. The summed E-state index contributed by atoms with van der Waals surface area (Å²) in [5, 5.41) is 20.6. The number of non-ortho nitro benzene ring substituents is 1. The van der Waals surface area contributed by atoms with Crippen molar-refractivity contribution in [2.45, 2.75) is 6.61 Å². The monoisotopic (exact) mass is 444 g/mol. The first kappa shape index (κ1) is 21.5. The van der Waals surface area contributed by atoms with Crippen LogP contribution in [0.2, 0.25) is 0 Å². The maximum absolute atomic E-state index is 13.4. The Kier molecular flexibility index (Phi) is 6.00. The van der Waals surface area contributed by atoms with Gasteiger partial charge in [0.05, 0.1) is 28.6 Å². The van der Waals surface area contributed by atoms with E-state index in [-0.39, 0.29) is 17.9 Å². The average Bonchev–Trinajstić information content (AvgIpc) is 3.24. The number of allylic oxidation sites excluding steroid dienone is 1. The van der Waals surface area contributed by atoms with Gasteiger partial charge < -0.3 is 14.5 Å². The number of aromatic nitrogens is 2. The molecule has 9 heteroatoms. The van der Waals surface area contributed by atoms with E-state index >= 15 is 0 Å². The number of nitrogens with one attached hydrogen (secondary N) is 1. The zero-order chi connectivity index (χ0) is 23.4. The molecular weight excluding hydrogens is 427 g/mol. The molecule has 0 saturated heterocycles. The highest BCUT2D eigenvalue weighted by Gasteiger charge is 2.12. The van der Waals surface area contributed by atoms with Gasteiger partial charge in [0, 0.05) is 12.1 Å². The highest BCUT2D eigenvalue weighted by atomic mass is 19.1. The summed E-state index contributed by atoms with van der Waals surface area (Å²) >= 11 is 0. The van der Waals surface area contributed by atoms with Gasteiger partial charge in [0.25, 0.3) is 5.69 Å². The minimum atomic E-state index is -0.462. The van der Waals surface area contributed by atoms with Gasteiger partial charge in [-0.2, -0.15) is 5.26 Å². The van der Waals surface area contributed by atoms with Crippen molar-refractivity contribution in [3.8, 4) is 17.6 Å². The van der Waals surface area contributed by atoms with Gasteiger partial charge in [0.2, 0.25) is 0 Å². The van der Waals surface area contributed by atoms with E-state index in [0.29, 0.717) is 39.5 Å². The molecule has 1 heterocycles. The van der Waals surface area contributed by atoms with Crippen LogP contribution in [0.15, 0.2) is 60.7 Å². The molecule has 0 aliphatic heterocycles. The SMILES string of the molecule is COc1cc(/C=C(/C#N)c2nc3ccc(F)cc3[nH]2)ccc1OCc1cccc([N+](=O)[O-])c1. The maximum Gasteiger partial charge on any atom is 0.269 e. The van der Waals surface area contributed by atoms with Crippen molar-refractivity contribution in [3.63, 3.8) is 0 Å². The number of nitrogens with zero attached hydrogens (tertiary/aromatic N) is 3. The van der Waals surface area contributed by atoms with Crippen LogP contribution in [0.1, 0.15) is 17.0 Å². The van der Waals surface area contributed by atoms with E-state index < -0.39 is 10.7 Å². The Morgan fingerprint density at radius 1 is 1.21 bits per heavy atom. The number of fused-ring (bicyclic) bond motifs is 1. The molecule has 0 fully saturated rings. The molecule has 0 atom stereocenters.